The largest absolute Gasteiger partial charge is 0.383 e. The van der Waals surface area contributed by atoms with Crippen LogP contribution in [0.2, 0.25) is 5.02 Å². The number of halogens is 2. The van der Waals surface area contributed by atoms with Crippen molar-refractivity contribution in [3.05, 3.63) is 20.9 Å². The van der Waals surface area contributed by atoms with Gasteiger partial charge >= 0.3 is 0 Å². The zero-order valence-corrected chi connectivity index (χ0v) is 10.1. The minimum absolute atomic E-state index is 0.642. The van der Waals surface area contributed by atoms with Gasteiger partial charge in [0.2, 0.25) is 0 Å². The fourth-order valence-electron chi connectivity index (χ4n) is 0.815. The quantitative estimate of drug-likeness (QED) is 0.685. The van der Waals surface area contributed by atoms with Gasteiger partial charge in [0.15, 0.2) is 0 Å². The highest BCUT2D eigenvalue weighted by Gasteiger charge is 2.03. The van der Waals surface area contributed by atoms with E-state index >= 15 is 0 Å². The smallest absolute Gasteiger partial charge is 0.145 e. The molecule has 0 bridgehead atoms. The lowest BCUT2D eigenvalue weighted by molar-refractivity contribution is 0.210. The van der Waals surface area contributed by atoms with Crippen LogP contribution in [0.3, 0.4) is 0 Å². The topological polar surface area (TPSA) is 34.1 Å². The van der Waals surface area contributed by atoms with Crippen LogP contribution < -0.4 is 5.32 Å². The molecule has 0 unspecified atom stereocenters. The van der Waals surface area contributed by atoms with E-state index in [0.717, 1.165) is 3.57 Å². The molecule has 0 saturated heterocycles. The molecular weight excluding hydrogens is 302 g/mol. The summed E-state index contributed by atoms with van der Waals surface area (Å²) in [5, 5.41) is 3.75. The number of pyridine rings is 1. The number of rotatable bonds is 4. The normalized spacial score (nSPS) is 10.1. The van der Waals surface area contributed by atoms with Gasteiger partial charge in [-0.2, -0.15) is 0 Å². The summed E-state index contributed by atoms with van der Waals surface area (Å²) in [6, 6.07) is 1.87. The Morgan fingerprint density at radius 3 is 3.15 bits per heavy atom. The Labute approximate surface area is 96.0 Å². The first kappa shape index (κ1) is 11.0. The van der Waals surface area contributed by atoms with Crippen LogP contribution in [-0.2, 0) is 4.74 Å². The van der Waals surface area contributed by atoms with Crippen LogP contribution in [0.4, 0.5) is 5.82 Å². The zero-order chi connectivity index (χ0) is 9.68. The molecule has 0 spiro atoms. The molecule has 0 aromatic carbocycles. The van der Waals surface area contributed by atoms with E-state index in [1.54, 1.807) is 13.3 Å². The van der Waals surface area contributed by atoms with Crippen molar-refractivity contribution in [2.75, 3.05) is 25.6 Å². The summed E-state index contributed by atoms with van der Waals surface area (Å²) in [5.74, 6) is 0.714. The van der Waals surface area contributed by atoms with Gasteiger partial charge in [0.05, 0.1) is 11.6 Å². The Morgan fingerprint density at radius 2 is 2.46 bits per heavy atom. The molecule has 1 N–H and O–H groups in total. The maximum Gasteiger partial charge on any atom is 0.145 e. The number of methoxy groups -OCH3 is 1. The van der Waals surface area contributed by atoms with Crippen LogP contribution >= 0.6 is 34.2 Å². The summed E-state index contributed by atoms with van der Waals surface area (Å²) < 4.78 is 5.89. The average Bonchev–Trinajstić information content (AvgIpc) is 2.13. The molecule has 3 nitrogen and oxygen atoms in total. The molecule has 0 radical (unpaired) electrons. The predicted molar refractivity (Wildman–Crippen MR) is 62.3 cm³/mol. The van der Waals surface area contributed by atoms with E-state index in [-0.39, 0.29) is 0 Å². The molecule has 1 heterocycles. The van der Waals surface area contributed by atoms with E-state index < -0.39 is 0 Å². The van der Waals surface area contributed by atoms with Crippen LogP contribution in [0.25, 0.3) is 0 Å². The van der Waals surface area contributed by atoms with E-state index in [4.69, 9.17) is 16.3 Å². The molecule has 0 amide bonds. The summed E-state index contributed by atoms with van der Waals surface area (Å²) in [6.45, 7) is 1.35. The Balaban J connectivity index is 2.61. The minimum Gasteiger partial charge on any atom is -0.383 e. The van der Waals surface area contributed by atoms with Crippen LogP contribution in [-0.4, -0.2) is 25.2 Å². The second-order valence-corrected chi connectivity index (χ2v) is 3.92. The highest BCUT2D eigenvalue weighted by molar-refractivity contribution is 14.1. The number of nitrogens with one attached hydrogen (secondary N) is 1. The van der Waals surface area contributed by atoms with Crippen LogP contribution in [0.5, 0.6) is 0 Å². The molecule has 72 valence electrons. The summed E-state index contributed by atoms with van der Waals surface area (Å²) >= 11 is 8.17. The lowest BCUT2D eigenvalue weighted by atomic mass is 10.4. The van der Waals surface area contributed by atoms with Gasteiger partial charge < -0.3 is 10.1 Å². The number of nitrogens with zero attached hydrogens (tertiary/aromatic N) is 1. The Morgan fingerprint density at radius 1 is 1.69 bits per heavy atom. The molecule has 1 aromatic rings. The highest BCUT2D eigenvalue weighted by atomic mass is 127. The lowest BCUT2D eigenvalue weighted by Crippen LogP contribution is -2.09. The van der Waals surface area contributed by atoms with Gasteiger partial charge in [0.25, 0.3) is 0 Å². The SMILES string of the molecule is COCCNc1nccc(I)c1Cl. The number of anilines is 1. The van der Waals surface area contributed by atoms with Gasteiger partial charge in [0.1, 0.15) is 5.82 Å². The molecule has 0 saturated carbocycles. The summed E-state index contributed by atoms with van der Waals surface area (Å²) in [5.41, 5.74) is 0. The van der Waals surface area contributed by atoms with Crippen LogP contribution in [0, 0.1) is 3.57 Å². The van der Waals surface area contributed by atoms with Gasteiger partial charge in [-0.1, -0.05) is 11.6 Å². The minimum atomic E-state index is 0.642. The zero-order valence-electron chi connectivity index (χ0n) is 7.18. The second-order valence-electron chi connectivity index (χ2n) is 2.37. The van der Waals surface area contributed by atoms with Gasteiger partial charge in [-0.25, -0.2) is 4.98 Å². The van der Waals surface area contributed by atoms with Crippen LogP contribution in [0.15, 0.2) is 12.3 Å². The predicted octanol–water partition coefficient (Wildman–Crippen LogP) is 2.40. The van der Waals surface area contributed by atoms with Crippen molar-refractivity contribution in [2.24, 2.45) is 0 Å². The Hall–Kier alpha value is -0.0700. The third kappa shape index (κ3) is 3.28. The monoisotopic (exact) mass is 312 g/mol. The first-order chi connectivity index (χ1) is 6.25. The van der Waals surface area contributed by atoms with Gasteiger partial charge in [0, 0.05) is 23.4 Å². The van der Waals surface area contributed by atoms with Crippen molar-refractivity contribution in [3.8, 4) is 0 Å². The van der Waals surface area contributed by atoms with E-state index in [1.165, 1.54) is 0 Å². The number of hydrogen-bond donors (Lipinski definition) is 1. The maximum absolute atomic E-state index is 6.00. The molecule has 0 aliphatic heterocycles. The average molecular weight is 313 g/mol. The van der Waals surface area contributed by atoms with Crippen molar-refractivity contribution in [3.63, 3.8) is 0 Å². The molecule has 0 fully saturated rings. The van der Waals surface area contributed by atoms with Crippen molar-refractivity contribution in [1.29, 1.82) is 0 Å². The van der Waals surface area contributed by atoms with E-state index in [0.29, 0.717) is 24.0 Å². The van der Waals surface area contributed by atoms with Gasteiger partial charge in [-0.15, -0.1) is 0 Å². The number of ether oxygens (including phenoxy) is 1. The van der Waals surface area contributed by atoms with Crippen molar-refractivity contribution < 1.29 is 4.74 Å². The van der Waals surface area contributed by atoms with E-state index in [9.17, 15) is 0 Å². The second kappa shape index (κ2) is 5.62. The number of hydrogen-bond acceptors (Lipinski definition) is 3. The lowest BCUT2D eigenvalue weighted by Gasteiger charge is -2.06. The summed E-state index contributed by atoms with van der Waals surface area (Å²) in [4.78, 5) is 4.11. The van der Waals surface area contributed by atoms with Crippen molar-refractivity contribution >= 4 is 40.0 Å². The number of aromatic nitrogens is 1. The Kier molecular flexibility index (Phi) is 4.76. The standard InChI is InChI=1S/C8H10ClIN2O/c1-13-5-4-12-8-7(9)6(10)2-3-11-8/h2-3H,4-5H2,1H3,(H,11,12). The fraction of sp³-hybridized carbons (Fsp3) is 0.375. The molecule has 1 rings (SSSR count). The third-order valence-electron chi connectivity index (χ3n) is 1.44. The fourth-order valence-corrected chi connectivity index (χ4v) is 1.41. The molecule has 0 atom stereocenters. The molecule has 1 aromatic heterocycles. The third-order valence-corrected chi connectivity index (χ3v) is 3.04. The summed E-state index contributed by atoms with van der Waals surface area (Å²) in [6.07, 6.45) is 1.72. The first-order valence-electron chi connectivity index (χ1n) is 3.78. The van der Waals surface area contributed by atoms with Gasteiger partial charge in [-0.3, -0.25) is 0 Å². The molecular formula is C8H10ClIN2O. The molecule has 5 heteroatoms. The molecule has 0 aliphatic rings. The Bertz CT molecular complexity index is 283. The van der Waals surface area contributed by atoms with E-state index in [2.05, 4.69) is 32.9 Å². The van der Waals surface area contributed by atoms with Crippen molar-refractivity contribution in [2.45, 2.75) is 0 Å². The molecule has 13 heavy (non-hydrogen) atoms. The first-order valence-corrected chi connectivity index (χ1v) is 5.24. The maximum atomic E-state index is 6.00. The van der Waals surface area contributed by atoms with Gasteiger partial charge in [-0.05, 0) is 28.7 Å². The highest BCUT2D eigenvalue weighted by Crippen LogP contribution is 2.24. The van der Waals surface area contributed by atoms with Crippen LogP contribution in [0.1, 0.15) is 0 Å². The van der Waals surface area contributed by atoms with E-state index in [1.807, 2.05) is 6.07 Å². The van der Waals surface area contributed by atoms with Crippen molar-refractivity contribution in [1.82, 2.24) is 4.98 Å². The molecule has 0 aliphatic carbocycles. The summed E-state index contributed by atoms with van der Waals surface area (Å²) in [7, 11) is 1.66.